The number of urea groups is 1. The molecule has 7 heteroatoms. The molecular weight excluding hydrogens is 355 g/mol. The van der Waals surface area contributed by atoms with E-state index in [9.17, 15) is 18.0 Å². The van der Waals surface area contributed by atoms with Crippen molar-refractivity contribution in [3.63, 3.8) is 0 Å². The fourth-order valence-corrected chi connectivity index (χ4v) is 2.71. The highest BCUT2D eigenvalue weighted by atomic mass is 19.4. The largest absolute Gasteiger partial charge is 0.431 e. The zero-order chi connectivity index (χ0) is 19.8. The lowest BCUT2D eigenvalue weighted by atomic mass is 9.87. The molecule has 0 aliphatic heterocycles. The number of amides is 2. The highest BCUT2D eigenvalue weighted by Crippen LogP contribution is 2.32. The first-order valence-electron chi connectivity index (χ1n) is 8.41. The molecule has 0 aliphatic carbocycles. The Hall–Kier alpha value is -2.96. The molecule has 142 valence electrons. The summed E-state index contributed by atoms with van der Waals surface area (Å²) >= 11 is 0. The van der Waals surface area contributed by atoms with E-state index >= 15 is 0 Å². The van der Waals surface area contributed by atoms with Gasteiger partial charge < -0.3 is 15.6 Å². The highest BCUT2D eigenvalue weighted by molar-refractivity contribution is 6.01. The average molecular weight is 375 g/mol. The van der Waals surface area contributed by atoms with Crippen LogP contribution < -0.4 is 10.6 Å². The summed E-state index contributed by atoms with van der Waals surface area (Å²) in [5.74, 6) is 0. The summed E-state index contributed by atoms with van der Waals surface area (Å²) in [4.78, 5) is 14.5. The SMILES string of the molecule is CC(C)(C)c1ccc(NC(=O)Nc2ccc3[nH]c(C(F)(F)F)cc3c2)cc1. The summed E-state index contributed by atoms with van der Waals surface area (Å²) in [5, 5.41) is 5.71. The fourth-order valence-electron chi connectivity index (χ4n) is 2.71. The number of benzene rings is 2. The van der Waals surface area contributed by atoms with Crippen LogP contribution in [0, 0.1) is 0 Å². The second-order valence-corrected chi connectivity index (χ2v) is 7.39. The minimum Gasteiger partial charge on any atom is -0.351 e. The number of alkyl halides is 3. The lowest BCUT2D eigenvalue weighted by Gasteiger charge is -2.19. The monoisotopic (exact) mass is 375 g/mol. The van der Waals surface area contributed by atoms with Crippen molar-refractivity contribution in [1.82, 2.24) is 4.98 Å². The van der Waals surface area contributed by atoms with Gasteiger partial charge in [-0.1, -0.05) is 32.9 Å². The third-order valence-electron chi connectivity index (χ3n) is 4.19. The molecule has 3 aromatic rings. The van der Waals surface area contributed by atoms with Crippen LogP contribution in [0.2, 0.25) is 0 Å². The number of H-pyrrole nitrogens is 1. The van der Waals surface area contributed by atoms with E-state index in [4.69, 9.17) is 0 Å². The van der Waals surface area contributed by atoms with Gasteiger partial charge in [0.05, 0.1) is 0 Å². The molecule has 0 fully saturated rings. The number of fused-ring (bicyclic) bond motifs is 1. The smallest absolute Gasteiger partial charge is 0.351 e. The van der Waals surface area contributed by atoms with E-state index in [0.29, 0.717) is 22.3 Å². The minimum absolute atomic E-state index is 0.0159. The summed E-state index contributed by atoms with van der Waals surface area (Å²) in [5.41, 5.74) is 1.72. The van der Waals surface area contributed by atoms with E-state index in [0.717, 1.165) is 11.6 Å². The number of aromatic amines is 1. The number of carbonyl (C=O) groups excluding carboxylic acids is 1. The summed E-state index contributed by atoms with van der Waals surface area (Å²) < 4.78 is 38.3. The molecule has 0 radical (unpaired) electrons. The van der Waals surface area contributed by atoms with Gasteiger partial charge in [0.1, 0.15) is 5.69 Å². The summed E-state index contributed by atoms with van der Waals surface area (Å²) in [6.07, 6.45) is -4.44. The molecule has 0 saturated heterocycles. The molecule has 3 rings (SSSR count). The Morgan fingerprint density at radius 1 is 0.889 bits per heavy atom. The third kappa shape index (κ3) is 4.42. The lowest BCUT2D eigenvalue weighted by Crippen LogP contribution is -2.19. The van der Waals surface area contributed by atoms with Gasteiger partial charge in [0.25, 0.3) is 0 Å². The average Bonchev–Trinajstić information content (AvgIpc) is 2.98. The Balaban J connectivity index is 1.70. The van der Waals surface area contributed by atoms with Crippen molar-refractivity contribution >= 4 is 28.3 Å². The second-order valence-electron chi connectivity index (χ2n) is 7.39. The maximum atomic E-state index is 12.8. The fraction of sp³-hybridized carbons (Fsp3) is 0.250. The molecule has 1 aromatic heterocycles. The normalized spacial score (nSPS) is 12.2. The molecule has 2 aromatic carbocycles. The molecule has 0 spiro atoms. The van der Waals surface area contributed by atoms with Gasteiger partial charge in [-0.25, -0.2) is 4.79 Å². The summed E-state index contributed by atoms with van der Waals surface area (Å²) in [7, 11) is 0. The first-order valence-corrected chi connectivity index (χ1v) is 8.41. The number of nitrogens with one attached hydrogen (secondary N) is 3. The van der Waals surface area contributed by atoms with E-state index in [2.05, 4.69) is 36.4 Å². The number of rotatable bonds is 2. The minimum atomic E-state index is -4.44. The van der Waals surface area contributed by atoms with Crippen LogP contribution in [0.4, 0.5) is 29.3 Å². The van der Waals surface area contributed by atoms with Gasteiger partial charge in [-0.3, -0.25) is 0 Å². The van der Waals surface area contributed by atoms with E-state index in [1.54, 1.807) is 6.07 Å². The van der Waals surface area contributed by atoms with Crippen LogP contribution in [0.1, 0.15) is 32.0 Å². The van der Waals surface area contributed by atoms with Crippen LogP contribution in [-0.2, 0) is 11.6 Å². The number of halogens is 3. The molecule has 27 heavy (non-hydrogen) atoms. The van der Waals surface area contributed by atoms with Crippen LogP contribution in [0.25, 0.3) is 10.9 Å². The maximum absolute atomic E-state index is 12.8. The molecule has 0 atom stereocenters. The van der Waals surface area contributed by atoms with Crippen molar-refractivity contribution in [2.75, 3.05) is 10.6 Å². The summed E-state index contributed by atoms with van der Waals surface area (Å²) in [6, 6.07) is 12.6. The number of hydrogen-bond donors (Lipinski definition) is 3. The lowest BCUT2D eigenvalue weighted by molar-refractivity contribution is -0.140. The molecule has 0 saturated carbocycles. The van der Waals surface area contributed by atoms with Gasteiger partial charge in [0, 0.05) is 22.3 Å². The van der Waals surface area contributed by atoms with Gasteiger partial charge in [-0.2, -0.15) is 13.2 Å². The highest BCUT2D eigenvalue weighted by Gasteiger charge is 2.32. The van der Waals surface area contributed by atoms with Crippen LogP contribution in [-0.4, -0.2) is 11.0 Å². The van der Waals surface area contributed by atoms with Gasteiger partial charge in [-0.05, 0) is 47.4 Å². The first-order chi connectivity index (χ1) is 12.5. The number of anilines is 2. The van der Waals surface area contributed by atoms with Gasteiger partial charge >= 0.3 is 12.2 Å². The molecule has 2 amide bonds. The third-order valence-corrected chi connectivity index (χ3v) is 4.19. The van der Waals surface area contributed by atoms with E-state index < -0.39 is 17.9 Å². The van der Waals surface area contributed by atoms with E-state index in [1.807, 2.05) is 24.3 Å². The van der Waals surface area contributed by atoms with Gasteiger partial charge in [0.2, 0.25) is 0 Å². The Bertz CT molecular complexity index is 967. The molecule has 3 N–H and O–H groups in total. The van der Waals surface area contributed by atoms with Crippen molar-refractivity contribution in [2.24, 2.45) is 0 Å². The Morgan fingerprint density at radius 3 is 2.07 bits per heavy atom. The molecule has 0 unspecified atom stereocenters. The Morgan fingerprint density at radius 2 is 1.48 bits per heavy atom. The van der Waals surface area contributed by atoms with Crippen molar-refractivity contribution < 1.29 is 18.0 Å². The Labute approximate surface area is 154 Å². The van der Waals surface area contributed by atoms with Crippen molar-refractivity contribution in [3.05, 3.63) is 59.8 Å². The zero-order valence-electron chi connectivity index (χ0n) is 15.2. The van der Waals surface area contributed by atoms with Crippen LogP contribution in [0.3, 0.4) is 0 Å². The van der Waals surface area contributed by atoms with Crippen molar-refractivity contribution in [3.8, 4) is 0 Å². The number of aromatic nitrogens is 1. The van der Waals surface area contributed by atoms with Crippen LogP contribution in [0.5, 0.6) is 0 Å². The molecule has 4 nitrogen and oxygen atoms in total. The predicted molar refractivity (Wildman–Crippen MR) is 101 cm³/mol. The van der Waals surface area contributed by atoms with Crippen LogP contribution in [0.15, 0.2) is 48.5 Å². The zero-order valence-corrected chi connectivity index (χ0v) is 15.2. The van der Waals surface area contributed by atoms with Gasteiger partial charge in [0.15, 0.2) is 0 Å². The quantitative estimate of drug-likeness (QED) is 0.496. The Kier molecular flexibility index (Phi) is 4.63. The van der Waals surface area contributed by atoms with E-state index in [1.165, 1.54) is 12.1 Å². The topological polar surface area (TPSA) is 56.9 Å². The van der Waals surface area contributed by atoms with Crippen molar-refractivity contribution in [2.45, 2.75) is 32.4 Å². The maximum Gasteiger partial charge on any atom is 0.431 e. The molecular formula is C20H20F3N3O. The second kappa shape index (κ2) is 6.64. The van der Waals surface area contributed by atoms with E-state index in [-0.39, 0.29) is 5.41 Å². The molecule has 1 heterocycles. The first kappa shape index (κ1) is 18.8. The molecule has 0 aliphatic rings. The van der Waals surface area contributed by atoms with Crippen LogP contribution >= 0.6 is 0 Å². The summed E-state index contributed by atoms with van der Waals surface area (Å²) in [6.45, 7) is 6.30. The standard InChI is InChI=1S/C20H20F3N3O/c1-19(2,3)13-4-6-14(7-5-13)24-18(27)25-15-8-9-16-12(10-15)11-17(26-16)20(21,22)23/h4-11,26H,1-3H3,(H2,24,25,27). The number of carbonyl (C=O) groups is 1. The predicted octanol–water partition coefficient (Wildman–Crippen LogP) is 6.13. The van der Waals surface area contributed by atoms with Gasteiger partial charge in [-0.15, -0.1) is 0 Å². The molecule has 0 bridgehead atoms. The number of hydrogen-bond acceptors (Lipinski definition) is 1. The van der Waals surface area contributed by atoms with Crippen molar-refractivity contribution in [1.29, 1.82) is 0 Å².